The molecule has 2 aromatic rings. The average molecular weight is 291 g/mol. The third-order valence-electron chi connectivity index (χ3n) is 2.94. The van der Waals surface area contributed by atoms with E-state index in [1.807, 2.05) is 19.9 Å². The third kappa shape index (κ3) is 3.18. The van der Waals surface area contributed by atoms with Crippen molar-refractivity contribution >= 4 is 15.7 Å². The molecule has 2 rings (SSSR count). The van der Waals surface area contributed by atoms with Crippen molar-refractivity contribution in [3.63, 3.8) is 0 Å². The molecule has 5 heteroatoms. The second-order valence-electron chi connectivity index (χ2n) is 4.74. The number of benzene rings is 2. The molecule has 0 atom stereocenters. The number of anilines is 1. The fraction of sp³-hybridized carbons (Fsp3) is 0.200. The van der Waals surface area contributed by atoms with E-state index in [1.165, 1.54) is 0 Å². The maximum Gasteiger partial charge on any atom is 0.261 e. The minimum absolute atomic E-state index is 0.217. The Morgan fingerprint density at radius 1 is 1.05 bits per heavy atom. The van der Waals surface area contributed by atoms with E-state index >= 15 is 0 Å². The molecule has 0 saturated carbocycles. The normalized spacial score (nSPS) is 11.3. The summed E-state index contributed by atoms with van der Waals surface area (Å²) in [5.74, 6) is 0. The summed E-state index contributed by atoms with van der Waals surface area (Å²) in [5, 5.41) is 9.24. The van der Waals surface area contributed by atoms with Crippen molar-refractivity contribution in [2.45, 2.75) is 25.3 Å². The van der Waals surface area contributed by atoms with Gasteiger partial charge in [-0.15, -0.1) is 0 Å². The minimum Gasteiger partial charge on any atom is -0.392 e. The molecule has 20 heavy (non-hydrogen) atoms. The number of hydrogen-bond acceptors (Lipinski definition) is 3. The number of sulfonamides is 1. The van der Waals surface area contributed by atoms with Crippen LogP contribution >= 0.6 is 0 Å². The van der Waals surface area contributed by atoms with Crippen LogP contribution in [0.15, 0.2) is 47.4 Å². The van der Waals surface area contributed by atoms with E-state index in [4.69, 9.17) is 0 Å². The van der Waals surface area contributed by atoms with Crippen molar-refractivity contribution in [1.29, 1.82) is 0 Å². The van der Waals surface area contributed by atoms with Gasteiger partial charge in [0.05, 0.1) is 17.2 Å². The smallest absolute Gasteiger partial charge is 0.261 e. The van der Waals surface area contributed by atoms with Gasteiger partial charge in [0, 0.05) is 5.56 Å². The summed E-state index contributed by atoms with van der Waals surface area (Å²) >= 11 is 0. The Labute approximate surface area is 119 Å². The number of aryl methyl sites for hydroxylation is 2. The lowest BCUT2D eigenvalue weighted by atomic mass is 10.2. The van der Waals surface area contributed by atoms with Crippen molar-refractivity contribution in [2.24, 2.45) is 0 Å². The van der Waals surface area contributed by atoms with E-state index in [0.29, 0.717) is 11.3 Å². The van der Waals surface area contributed by atoms with Gasteiger partial charge >= 0.3 is 0 Å². The SMILES string of the molecule is Cc1cc(C)cc(S(=O)(=O)Nc2ccccc2CO)c1. The van der Waals surface area contributed by atoms with E-state index in [-0.39, 0.29) is 11.5 Å². The third-order valence-corrected chi connectivity index (χ3v) is 4.28. The highest BCUT2D eigenvalue weighted by molar-refractivity contribution is 7.92. The van der Waals surface area contributed by atoms with Gasteiger partial charge in [-0.3, -0.25) is 4.72 Å². The van der Waals surface area contributed by atoms with E-state index in [0.717, 1.165) is 11.1 Å². The largest absolute Gasteiger partial charge is 0.392 e. The molecule has 0 aromatic heterocycles. The monoisotopic (exact) mass is 291 g/mol. The van der Waals surface area contributed by atoms with Crippen molar-refractivity contribution in [1.82, 2.24) is 0 Å². The zero-order chi connectivity index (χ0) is 14.8. The molecule has 0 unspecified atom stereocenters. The Kier molecular flexibility index (Phi) is 4.11. The molecule has 0 fully saturated rings. The van der Waals surface area contributed by atoms with Gasteiger partial charge in [0.1, 0.15) is 0 Å². The lowest BCUT2D eigenvalue weighted by Crippen LogP contribution is -2.14. The van der Waals surface area contributed by atoms with Crippen molar-refractivity contribution in [3.05, 3.63) is 59.2 Å². The van der Waals surface area contributed by atoms with Gasteiger partial charge in [-0.05, 0) is 43.2 Å². The first kappa shape index (κ1) is 14.6. The second-order valence-corrected chi connectivity index (χ2v) is 6.43. The van der Waals surface area contributed by atoms with Crippen molar-refractivity contribution in [2.75, 3.05) is 4.72 Å². The number of para-hydroxylation sites is 1. The fourth-order valence-corrected chi connectivity index (χ4v) is 3.34. The zero-order valence-corrected chi connectivity index (χ0v) is 12.2. The molecular formula is C15H17NO3S. The summed E-state index contributed by atoms with van der Waals surface area (Å²) in [6.45, 7) is 3.49. The van der Waals surface area contributed by atoms with Crippen LogP contribution in [0, 0.1) is 13.8 Å². The number of nitrogens with one attached hydrogen (secondary N) is 1. The van der Waals surface area contributed by atoms with Crippen LogP contribution in [0.4, 0.5) is 5.69 Å². The lowest BCUT2D eigenvalue weighted by Gasteiger charge is -2.12. The zero-order valence-electron chi connectivity index (χ0n) is 11.4. The summed E-state index contributed by atoms with van der Waals surface area (Å²) < 4.78 is 27.3. The summed E-state index contributed by atoms with van der Waals surface area (Å²) in [7, 11) is -3.65. The Morgan fingerprint density at radius 3 is 2.25 bits per heavy atom. The molecule has 0 aliphatic carbocycles. The Morgan fingerprint density at radius 2 is 1.65 bits per heavy atom. The average Bonchev–Trinajstić information content (AvgIpc) is 2.38. The molecule has 0 aliphatic rings. The molecule has 0 heterocycles. The number of aliphatic hydroxyl groups excluding tert-OH is 1. The lowest BCUT2D eigenvalue weighted by molar-refractivity contribution is 0.282. The summed E-state index contributed by atoms with van der Waals surface area (Å²) in [5.41, 5.74) is 2.72. The predicted octanol–water partition coefficient (Wildman–Crippen LogP) is 2.60. The van der Waals surface area contributed by atoms with E-state index in [1.54, 1.807) is 36.4 Å². The highest BCUT2D eigenvalue weighted by Gasteiger charge is 2.16. The Balaban J connectivity index is 2.41. The first-order valence-electron chi connectivity index (χ1n) is 6.22. The van der Waals surface area contributed by atoms with E-state index in [2.05, 4.69) is 4.72 Å². The molecule has 4 nitrogen and oxygen atoms in total. The van der Waals surface area contributed by atoms with Gasteiger partial charge in [0.15, 0.2) is 0 Å². The summed E-state index contributed by atoms with van der Waals surface area (Å²) in [4.78, 5) is 0.225. The van der Waals surface area contributed by atoms with Gasteiger partial charge in [-0.2, -0.15) is 0 Å². The van der Waals surface area contributed by atoms with Crippen LogP contribution in [0.25, 0.3) is 0 Å². The van der Waals surface area contributed by atoms with Crippen LogP contribution in [0.5, 0.6) is 0 Å². The van der Waals surface area contributed by atoms with Crippen LogP contribution in [0.1, 0.15) is 16.7 Å². The highest BCUT2D eigenvalue weighted by Crippen LogP contribution is 2.21. The molecule has 0 radical (unpaired) electrons. The van der Waals surface area contributed by atoms with Gasteiger partial charge < -0.3 is 5.11 Å². The number of aliphatic hydroxyl groups is 1. The van der Waals surface area contributed by atoms with Gasteiger partial charge in [0.25, 0.3) is 10.0 Å². The van der Waals surface area contributed by atoms with Gasteiger partial charge in [0.2, 0.25) is 0 Å². The molecule has 0 saturated heterocycles. The Hall–Kier alpha value is -1.85. The summed E-state index contributed by atoms with van der Waals surface area (Å²) in [6.07, 6.45) is 0. The van der Waals surface area contributed by atoms with Gasteiger partial charge in [-0.1, -0.05) is 24.3 Å². The second kappa shape index (κ2) is 5.64. The fourth-order valence-electron chi connectivity index (χ4n) is 2.05. The van der Waals surface area contributed by atoms with E-state index < -0.39 is 10.0 Å². The first-order chi connectivity index (χ1) is 9.42. The summed E-state index contributed by atoms with van der Waals surface area (Å²) in [6, 6.07) is 11.9. The van der Waals surface area contributed by atoms with Crippen molar-refractivity contribution < 1.29 is 13.5 Å². The minimum atomic E-state index is -3.65. The Bertz CT molecular complexity index is 703. The topological polar surface area (TPSA) is 66.4 Å². The molecular weight excluding hydrogens is 274 g/mol. The molecule has 0 spiro atoms. The highest BCUT2D eigenvalue weighted by atomic mass is 32.2. The van der Waals surface area contributed by atoms with Crippen LogP contribution in [0.2, 0.25) is 0 Å². The first-order valence-corrected chi connectivity index (χ1v) is 7.70. The molecule has 2 aromatic carbocycles. The van der Waals surface area contributed by atoms with Gasteiger partial charge in [-0.25, -0.2) is 8.42 Å². The van der Waals surface area contributed by atoms with Crippen molar-refractivity contribution in [3.8, 4) is 0 Å². The number of hydrogen-bond donors (Lipinski definition) is 2. The molecule has 106 valence electrons. The van der Waals surface area contributed by atoms with Crippen LogP contribution in [0.3, 0.4) is 0 Å². The molecule has 2 N–H and O–H groups in total. The maximum absolute atomic E-state index is 12.4. The van der Waals surface area contributed by atoms with Crippen LogP contribution < -0.4 is 4.72 Å². The standard InChI is InChI=1S/C15H17NO3S/c1-11-7-12(2)9-14(8-11)20(18,19)16-15-6-4-3-5-13(15)10-17/h3-9,16-17H,10H2,1-2H3. The number of rotatable bonds is 4. The van der Waals surface area contributed by atoms with Crippen LogP contribution in [-0.4, -0.2) is 13.5 Å². The molecule has 0 aliphatic heterocycles. The maximum atomic E-state index is 12.4. The molecule has 0 bridgehead atoms. The predicted molar refractivity (Wildman–Crippen MR) is 79.1 cm³/mol. The van der Waals surface area contributed by atoms with E-state index in [9.17, 15) is 13.5 Å². The molecule has 0 amide bonds. The van der Waals surface area contributed by atoms with Crippen LogP contribution in [-0.2, 0) is 16.6 Å². The quantitative estimate of drug-likeness (QED) is 0.910.